The van der Waals surface area contributed by atoms with Crippen molar-refractivity contribution in [1.82, 2.24) is 15.2 Å². The van der Waals surface area contributed by atoms with Crippen molar-refractivity contribution in [3.63, 3.8) is 0 Å². The van der Waals surface area contributed by atoms with Crippen LogP contribution in [0.3, 0.4) is 0 Å². The maximum atomic E-state index is 4.58. The third-order valence-electron chi connectivity index (χ3n) is 3.76. The van der Waals surface area contributed by atoms with E-state index in [0.717, 1.165) is 37.1 Å². The largest absolute Gasteiger partial charge is 0.310 e. The van der Waals surface area contributed by atoms with Gasteiger partial charge >= 0.3 is 0 Å². The van der Waals surface area contributed by atoms with E-state index in [1.54, 1.807) is 0 Å². The molecule has 2 rings (SSSR count). The minimum absolute atomic E-state index is 0.415. The van der Waals surface area contributed by atoms with Crippen LogP contribution in [0.25, 0.3) is 10.9 Å². The Labute approximate surface area is 128 Å². The van der Waals surface area contributed by atoms with E-state index in [9.17, 15) is 0 Å². The molecule has 0 saturated heterocycles. The first-order valence-electron chi connectivity index (χ1n) is 7.85. The van der Waals surface area contributed by atoms with Crippen molar-refractivity contribution in [1.29, 1.82) is 0 Å². The van der Waals surface area contributed by atoms with Crippen LogP contribution in [0.2, 0.25) is 0 Å². The smallest absolute Gasteiger partial charge is 0.0705 e. The van der Waals surface area contributed by atoms with Gasteiger partial charge in [-0.25, -0.2) is 0 Å². The molecule has 2 aromatic rings. The summed E-state index contributed by atoms with van der Waals surface area (Å²) in [5, 5.41) is 4.90. The Morgan fingerprint density at radius 3 is 2.71 bits per heavy atom. The van der Waals surface area contributed by atoms with Gasteiger partial charge in [0.15, 0.2) is 0 Å². The van der Waals surface area contributed by atoms with Gasteiger partial charge in [0, 0.05) is 17.1 Å². The summed E-state index contributed by atoms with van der Waals surface area (Å²) in [4.78, 5) is 6.83. The van der Waals surface area contributed by atoms with Gasteiger partial charge in [-0.1, -0.05) is 19.1 Å². The molecule has 0 aliphatic carbocycles. The Balaban J connectivity index is 2.23. The number of pyridine rings is 1. The fourth-order valence-corrected chi connectivity index (χ4v) is 2.56. The molecule has 1 unspecified atom stereocenters. The van der Waals surface area contributed by atoms with E-state index in [2.05, 4.69) is 66.6 Å². The first-order chi connectivity index (χ1) is 10.1. The molecule has 114 valence electrons. The van der Waals surface area contributed by atoms with Crippen molar-refractivity contribution in [2.24, 2.45) is 0 Å². The van der Waals surface area contributed by atoms with E-state index in [1.165, 1.54) is 10.9 Å². The van der Waals surface area contributed by atoms with Gasteiger partial charge in [-0.3, -0.25) is 4.98 Å². The lowest BCUT2D eigenvalue weighted by atomic mass is 10.0. The van der Waals surface area contributed by atoms with Gasteiger partial charge in [0.05, 0.1) is 5.52 Å². The van der Waals surface area contributed by atoms with Crippen LogP contribution in [0.5, 0.6) is 0 Å². The van der Waals surface area contributed by atoms with E-state index >= 15 is 0 Å². The van der Waals surface area contributed by atoms with E-state index in [4.69, 9.17) is 0 Å². The molecular formula is C18H27N3. The minimum Gasteiger partial charge on any atom is -0.310 e. The molecule has 1 atom stereocenters. The fraction of sp³-hybridized carbons (Fsp3) is 0.500. The van der Waals surface area contributed by atoms with Gasteiger partial charge in [0.25, 0.3) is 0 Å². The molecule has 3 heteroatoms. The highest BCUT2D eigenvalue weighted by Crippen LogP contribution is 2.22. The van der Waals surface area contributed by atoms with Crippen LogP contribution in [0, 0.1) is 6.92 Å². The molecule has 0 spiro atoms. The summed E-state index contributed by atoms with van der Waals surface area (Å²) < 4.78 is 0. The SMILES string of the molecule is CCCNC(CCN(C)C)c1ccc2nc(C)ccc2c1. The Morgan fingerprint density at radius 1 is 1.19 bits per heavy atom. The number of hydrogen-bond acceptors (Lipinski definition) is 3. The number of nitrogens with one attached hydrogen (secondary N) is 1. The summed E-state index contributed by atoms with van der Waals surface area (Å²) >= 11 is 0. The molecule has 1 aromatic carbocycles. The van der Waals surface area contributed by atoms with Gasteiger partial charge < -0.3 is 10.2 Å². The molecule has 21 heavy (non-hydrogen) atoms. The molecule has 1 aromatic heterocycles. The molecule has 0 radical (unpaired) electrons. The first kappa shape index (κ1) is 15.9. The zero-order chi connectivity index (χ0) is 15.2. The molecule has 1 heterocycles. The lowest BCUT2D eigenvalue weighted by Gasteiger charge is -2.21. The number of rotatable bonds is 7. The van der Waals surface area contributed by atoms with Crippen LogP contribution >= 0.6 is 0 Å². The molecule has 0 amide bonds. The molecular weight excluding hydrogens is 258 g/mol. The summed E-state index contributed by atoms with van der Waals surface area (Å²) in [5.41, 5.74) is 3.52. The number of fused-ring (bicyclic) bond motifs is 1. The zero-order valence-corrected chi connectivity index (χ0v) is 13.7. The molecule has 0 fully saturated rings. The summed E-state index contributed by atoms with van der Waals surface area (Å²) in [7, 11) is 4.26. The highest BCUT2D eigenvalue weighted by Gasteiger charge is 2.11. The van der Waals surface area contributed by atoms with Crippen LogP contribution in [0.4, 0.5) is 0 Å². The molecule has 0 aliphatic rings. The predicted molar refractivity (Wildman–Crippen MR) is 90.7 cm³/mol. The lowest BCUT2D eigenvalue weighted by Crippen LogP contribution is -2.26. The van der Waals surface area contributed by atoms with Crippen molar-refractivity contribution < 1.29 is 0 Å². The van der Waals surface area contributed by atoms with Gasteiger partial charge in [-0.2, -0.15) is 0 Å². The molecule has 0 bridgehead atoms. The maximum absolute atomic E-state index is 4.58. The Morgan fingerprint density at radius 2 is 2.00 bits per heavy atom. The minimum atomic E-state index is 0.415. The highest BCUT2D eigenvalue weighted by molar-refractivity contribution is 5.79. The van der Waals surface area contributed by atoms with Crippen LogP contribution < -0.4 is 5.32 Å². The summed E-state index contributed by atoms with van der Waals surface area (Å²) in [5.74, 6) is 0. The van der Waals surface area contributed by atoms with Crippen molar-refractivity contribution in [2.75, 3.05) is 27.2 Å². The van der Waals surface area contributed by atoms with E-state index in [1.807, 2.05) is 6.92 Å². The third-order valence-corrected chi connectivity index (χ3v) is 3.76. The van der Waals surface area contributed by atoms with E-state index < -0.39 is 0 Å². The summed E-state index contributed by atoms with van der Waals surface area (Å²) in [6.45, 7) is 6.40. The highest BCUT2D eigenvalue weighted by atomic mass is 15.1. The number of nitrogens with zero attached hydrogens (tertiary/aromatic N) is 2. The Kier molecular flexibility index (Phi) is 5.71. The molecule has 0 aliphatic heterocycles. The van der Waals surface area contributed by atoms with Gasteiger partial charge in [-0.15, -0.1) is 0 Å². The number of aryl methyl sites for hydroxylation is 1. The second kappa shape index (κ2) is 7.53. The van der Waals surface area contributed by atoms with Crippen LogP contribution in [0.15, 0.2) is 30.3 Å². The van der Waals surface area contributed by atoms with E-state index in [0.29, 0.717) is 6.04 Å². The predicted octanol–water partition coefficient (Wildman–Crippen LogP) is 3.54. The monoisotopic (exact) mass is 285 g/mol. The molecule has 0 saturated carbocycles. The topological polar surface area (TPSA) is 28.2 Å². The average Bonchev–Trinajstić information content (AvgIpc) is 2.46. The fourth-order valence-electron chi connectivity index (χ4n) is 2.56. The summed E-state index contributed by atoms with van der Waals surface area (Å²) in [6, 6.07) is 11.3. The maximum Gasteiger partial charge on any atom is 0.0705 e. The number of hydrogen-bond donors (Lipinski definition) is 1. The second-order valence-electron chi connectivity index (χ2n) is 6.00. The van der Waals surface area contributed by atoms with Crippen LogP contribution in [-0.4, -0.2) is 37.1 Å². The van der Waals surface area contributed by atoms with Crippen molar-refractivity contribution >= 4 is 10.9 Å². The molecule has 3 nitrogen and oxygen atoms in total. The van der Waals surface area contributed by atoms with Crippen molar-refractivity contribution in [3.8, 4) is 0 Å². The quantitative estimate of drug-likeness (QED) is 0.843. The second-order valence-corrected chi connectivity index (χ2v) is 6.00. The van der Waals surface area contributed by atoms with Crippen LogP contribution in [-0.2, 0) is 0 Å². The van der Waals surface area contributed by atoms with Gasteiger partial charge in [0.2, 0.25) is 0 Å². The zero-order valence-electron chi connectivity index (χ0n) is 13.7. The van der Waals surface area contributed by atoms with Crippen molar-refractivity contribution in [3.05, 3.63) is 41.6 Å². The Hall–Kier alpha value is -1.45. The first-order valence-corrected chi connectivity index (χ1v) is 7.85. The van der Waals surface area contributed by atoms with Gasteiger partial charge in [0.1, 0.15) is 0 Å². The third kappa shape index (κ3) is 4.51. The summed E-state index contributed by atoms with van der Waals surface area (Å²) in [6.07, 6.45) is 2.28. The van der Waals surface area contributed by atoms with Crippen molar-refractivity contribution in [2.45, 2.75) is 32.7 Å². The lowest BCUT2D eigenvalue weighted by molar-refractivity contribution is 0.361. The Bertz CT molecular complexity index is 578. The van der Waals surface area contributed by atoms with Crippen LogP contribution in [0.1, 0.15) is 37.1 Å². The van der Waals surface area contributed by atoms with Gasteiger partial charge in [-0.05, 0) is 70.7 Å². The van der Waals surface area contributed by atoms with E-state index in [-0.39, 0.29) is 0 Å². The molecule has 1 N–H and O–H groups in total. The number of benzene rings is 1. The standard InChI is InChI=1S/C18H27N3/c1-5-11-19-17(10-12-21(3)4)15-8-9-18-16(13-15)7-6-14(2)20-18/h6-9,13,17,19H,5,10-12H2,1-4H3. The average molecular weight is 285 g/mol. The number of aromatic nitrogens is 1. The normalized spacial score (nSPS) is 13.0.